The first-order valence-corrected chi connectivity index (χ1v) is 6.49. The van der Waals surface area contributed by atoms with Gasteiger partial charge in [-0.3, -0.25) is 4.89 Å². The molecule has 0 N–H and O–H groups in total. The van der Waals surface area contributed by atoms with Crippen LogP contribution in [0.2, 0.25) is 0 Å². The van der Waals surface area contributed by atoms with Crippen LogP contribution in [-0.2, 0) is 9.78 Å². The van der Waals surface area contributed by atoms with E-state index in [1.807, 2.05) is 0 Å². The maximum absolute atomic E-state index is 11.4. The summed E-state index contributed by atoms with van der Waals surface area (Å²) in [6.07, 6.45) is 5.72. The summed E-state index contributed by atoms with van der Waals surface area (Å²) in [6, 6.07) is 6.75. The lowest BCUT2D eigenvalue weighted by atomic mass is 10.2. The van der Waals surface area contributed by atoms with Gasteiger partial charge in [-0.05, 0) is 30.7 Å². The molecule has 19 heavy (non-hydrogen) atoms. The summed E-state index contributed by atoms with van der Waals surface area (Å²) in [6.45, 7) is 6.15. The smallest absolute Gasteiger partial charge is 0.386 e. The van der Waals surface area contributed by atoms with Gasteiger partial charge in [0.1, 0.15) is 12.0 Å². The lowest BCUT2D eigenvalue weighted by Crippen LogP contribution is -2.03. The van der Waals surface area contributed by atoms with Crippen molar-refractivity contribution in [2.75, 3.05) is 6.61 Å². The van der Waals surface area contributed by atoms with Crippen LogP contribution in [0.15, 0.2) is 37.1 Å². The molecule has 0 fully saturated rings. The van der Waals surface area contributed by atoms with E-state index < -0.39 is 5.97 Å². The van der Waals surface area contributed by atoms with Gasteiger partial charge in [0, 0.05) is 0 Å². The van der Waals surface area contributed by atoms with Gasteiger partial charge in [0.2, 0.25) is 0 Å². The topological polar surface area (TPSA) is 44.8 Å². The average molecular weight is 264 g/mol. The number of benzene rings is 1. The van der Waals surface area contributed by atoms with Crippen molar-refractivity contribution < 1.29 is 19.3 Å². The molecule has 0 bridgehead atoms. The Kier molecular flexibility index (Phi) is 7.17. The summed E-state index contributed by atoms with van der Waals surface area (Å²) in [5, 5.41) is 0. The highest BCUT2D eigenvalue weighted by Gasteiger charge is 2.07. The van der Waals surface area contributed by atoms with Crippen molar-refractivity contribution in [2.24, 2.45) is 0 Å². The summed E-state index contributed by atoms with van der Waals surface area (Å²) in [5.41, 5.74) is 0.403. The normalized spacial score (nSPS) is 9.74. The van der Waals surface area contributed by atoms with Crippen LogP contribution in [0.4, 0.5) is 0 Å². The molecule has 0 amide bonds. The highest BCUT2D eigenvalue weighted by molar-refractivity contribution is 5.89. The fraction of sp³-hybridized carbons (Fsp3) is 0.400. The first-order chi connectivity index (χ1) is 9.27. The van der Waals surface area contributed by atoms with Crippen LogP contribution >= 0.6 is 0 Å². The zero-order chi connectivity index (χ0) is 13.9. The highest BCUT2D eigenvalue weighted by atomic mass is 17.2. The van der Waals surface area contributed by atoms with Crippen molar-refractivity contribution in [2.45, 2.75) is 32.6 Å². The van der Waals surface area contributed by atoms with Crippen LogP contribution in [-0.4, -0.2) is 12.6 Å². The van der Waals surface area contributed by atoms with Gasteiger partial charge >= 0.3 is 5.97 Å². The first-order valence-electron chi connectivity index (χ1n) is 6.49. The van der Waals surface area contributed by atoms with Crippen LogP contribution in [0.25, 0.3) is 0 Å². The molecule has 0 spiro atoms. The minimum atomic E-state index is -0.561. The van der Waals surface area contributed by atoms with Gasteiger partial charge in [0.15, 0.2) is 0 Å². The third-order valence-electron chi connectivity index (χ3n) is 2.55. The molecule has 1 aromatic carbocycles. The SMILES string of the molecule is C=COOC(=O)c1ccc(OCCCCCC)cc1. The van der Waals surface area contributed by atoms with Crippen molar-refractivity contribution in [1.29, 1.82) is 0 Å². The number of hydrogen-bond acceptors (Lipinski definition) is 4. The molecule has 0 saturated heterocycles. The number of rotatable bonds is 9. The van der Waals surface area contributed by atoms with Crippen molar-refractivity contribution in [3.63, 3.8) is 0 Å². The van der Waals surface area contributed by atoms with Crippen LogP contribution in [0.5, 0.6) is 5.75 Å². The number of carbonyl (C=O) groups is 1. The van der Waals surface area contributed by atoms with E-state index in [4.69, 9.17) is 4.74 Å². The second-order valence-corrected chi connectivity index (χ2v) is 4.07. The Morgan fingerprint density at radius 2 is 1.95 bits per heavy atom. The second-order valence-electron chi connectivity index (χ2n) is 4.07. The Bertz CT molecular complexity index is 384. The third kappa shape index (κ3) is 5.95. The molecule has 0 aliphatic rings. The van der Waals surface area contributed by atoms with Gasteiger partial charge in [0.05, 0.1) is 12.2 Å². The lowest BCUT2D eigenvalue weighted by molar-refractivity contribution is -0.190. The van der Waals surface area contributed by atoms with Crippen molar-refractivity contribution >= 4 is 5.97 Å². The number of unbranched alkanes of at least 4 members (excludes halogenated alkanes) is 3. The summed E-state index contributed by atoms with van der Waals surface area (Å²) >= 11 is 0. The predicted molar refractivity (Wildman–Crippen MR) is 72.8 cm³/mol. The van der Waals surface area contributed by atoms with Crippen molar-refractivity contribution in [3.05, 3.63) is 42.7 Å². The van der Waals surface area contributed by atoms with E-state index in [2.05, 4.69) is 23.3 Å². The minimum absolute atomic E-state index is 0.403. The molecule has 4 nitrogen and oxygen atoms in total. The van der Waals surface area contributed by atoms with Gasteiger partial charge in [-0.2, -0.15) is 0 Å². The Balaban J connectivity index is 2.34. The molecule has 1 aromatic rings. The molecule has 0 aliphatic carbocycles. The van der Waals surface area contributed by atoms with Crippen LogP contribution in [0, 0.1) is 0 Å². The Hall–Kier alpha value is -1.97. The Morgan fingerprint density at radius 3 is 2.58 bits per heavy atom. The molecule has 0 aliphatic heterocycles. The van der Waals surface area contributed by atoms with E-state index >= 15 is 0 Å². The van der Waals surface area contributed by atoms with E-state index in [0.29, 0.717) is 12.2 Å². The number of carbonyl (C=O) groups excluding carboxylic acids is 1. The van der Waals surface area contributed by atoms with Crippen molar-refractivity contribution in [3.8, 4) is 5.75 Å². The van der Waals surface area contributed by atoms with Crippen molar-refractivity contribution in [1.82, 2.24) is 0 Å². The molecular formula is C15H20O4. The van der Waals surface area contributed by atoms with Crippen LogP contribution in [0.3, 0.4) is 0 Å². The largest absolute Gasteiger partial charge is 0.494 e. The molecule has 4 heteroatoms. The van der Waals surface area contributed by atoms with E-state index in [1.165, 1.54) is 19.3 Å². The number of hydrogen-bond donors (Lipinski definition) is 0. The molecule has 0 unspecified atom stereocenters. The van der Waals surface area contributed by atoms with Crippen LogP contribution in [0.1, 0.15) is 43.0 Å². The lowest BCUT2D eigenvalue weighted by Gasteiger charge is -2.06. The van der Waals surface area contributed by atoms with Gasteiger partial charge in [-0.15, -0.1) is 0 Å². The molecule has 0 aromatic heterocycles. The standard InChI is InChI=1S/C15H20O4/c1-3-5-6-7-12-17-14-10-8-13(9-11-14)15(16)19-18-4-2/h4,8-11H,2-3,5-7,12H2,1H3. The molecule has 104 valence electrons. The molecular weight excluding hydrogens is 244 g/mol. The summed E-state index contributed by atoms with van der Waals surface area (Å²) in [4.78, 5) is 20.2. The summed E-state index contributed by atoms with van der Waals surface area (Å²) in [7, 11) is 0. The van der Waals surface area contributed by atoms with E-state index in [1.54, 1.807) is 24.3 Å². The maximum atomic E-state index is 11.4. The van der Waals surface area contributed by atoms with E-state index in [0.717, 1.165) is 18.4 Å². The maximum Gasteiger partial charge on any atom is 0.386 e. The monoisotopic (exact) mass is 264 g/mol. The Morgan fingerprint density at radius 1 is 1.21 bits per heavy atom. The first kappa shape index (κ1) is 15.1. The van der Waals surface area contributed by atoms with Gasteiger partial charge in [-0.25, -0.2) is 9.68 Å². The zero-order valence-corrected chi connectivity index (χ0v) is 11.3. The second kappa shape index (κ2) is 9.03. The molecule has 0 saturated carbocycles. The van der Waals surface area contributed by atoms with Crippen LogP contribution < -0.4 is 4.74 Å². The minimum Gasteiger partial charge on any atom is -0.494 e. The molecule has 0 radical (unpaired) electrons. The Labute approximate surface area is 113 Å². The fourth-order valence-electron chi connectivity index (χ4n) is 1.53. The molecule has 0 atom stereocenters. The van der Waals surface area contributed by atoms with E-state index in [9.17, 15) is 4.79 Å². The fourth-order valence-corrected chi connectivity index (χ4v) is 1.53. The van der Waals surface area contributed by atoms with Gasteiger partial charge in [-0.1, -0.05) is 32.8 Å². The number of ether oxygens (including phenoxy) is 1. The summed E-state index contributed by atoms with van der Waals surface area (Å²) < 4.78 is 5.57. The zero-order valence-electron chi connectivity index (χ0n) is 11.3. The van der Waals surface area contributed by atoms with E-state index in [-0.39, 0.29) is 0 Å². The van der Waals surface area contributed by atoms with Gasteiger partial charge in [0.25, 0.3) is 0 Å². The summed E-state index contributed by atoms with van der Waals surface area (Å²) in [5.74, 6) is 0.187. The van der Waals surface area contributed by atoms with Gasteiger partial charge < -0.3 is 4.74 Å². The third-order valence-corrected chi connectivity index (χ3v) is 2.55. The molecule has 1 rings (SSSR count). The predicted octanol–water partition coefficient (Wildman–Crippen LogP) is 3.88. The quantitative estimate of drug-likeness (QED) is 0.294. The molecule has 0 heterocycles. The average Bonchev–Trinajstić information content (AvgIpc) is 2.45. The highest BCUT2D eigenvalue weighted by Crippen LogP contribution is 2.14.